The molecule has 0 aliphatic carbocycles. The van der Waals surface area contributed by atoms with Gasteiger partial charge in [-0.2, -0.15) is 0 Å². The molecule has 0 aliphatic heterocycles. The second-order valence-corrected chi connectivity index (χ2v) is 12.5. The quantitative estimate of drug-likeness (QED) is 0.106. The molecule has 0 spiro atoms. The van der Waals surface area contributed by atoms with Gasteiger partial charge in [0.15, 0.2) is 0 Å². The zero-order chi connectivity index (χ0) is 35.6. The van der Waals surface area contributed by atoms with E-state index in [1.807, 2.05) is 72.8 Å². The maximum absolute atomic E-state index is 11.6. The highest BCUT2D eigenvalue weighted by molar-refractivity contribution is 6.24. The monoisotopic (exact) mass is 678 g/mol. The van der Waals surface area contributed by atoms with Gasteiger partial charge in [0.25, 0.3) is 0 Å². The lowest BCUT2D eigenvalue weighted by atomic mass is 9.93. The summed E-state index contributed by atoms with van der Waals surface area (Å²) in [7, 11) is 3.35. The number of methoxy groups -OCH3 is 2. The van der Waals surface area contributed by atoms with Crippen LogP contribution in [-0.4, -0.2) is 26.8 Å². The lowest BCUT2D eigenvalue weighted by molar-refractivity contribution is 0.111. The van der Waals surface area contributed by atoms with E-state index in [1.165, 1.54) is 0 Å². The third-order valence-electron chi connectivity index (χ3n) is 9.56. The first-order valence-electron chi connectivity index (χ1n) is 17.0. The molecule has 0 aliphatic rings. The van der Waals surface area contributed by atoms with Gasteiger partial charge >= 0.3 is 0 Å². The van der Waals surface area contributed by atoms with Gasteiger partial charge in [0, 0.05) is 44.6 Å². The molecule has 8 aromatic carbocycles. The fourth-order valence-corrected chi connectivity index (χ4v) is 7.00. The molecule has 6 nitrogen and oxygen atoms in total. The summed E-state index contributed by atoms with van der Waals surface area (Å²) in [5, 5.41) is 6.52. The Labute approximate surface area is 301 Å². The summed E-state index contributed by atoms with van der Waals surface area (Å²) in [6, 6.07) is 52.9. The molecule has 0 heterocycles. The van der Waals surface area contributed by atoms with Crippen LogP contribution < -0.4 is 19.3 Å². The highest BCUT2D eigenvalue weighted by Gasteiger charge is 2.22. The van der Waals surface area contributed by atoms with Gasteiger partial charge < -0.3 is 19.3 Å². The number of carbonyl (C=O) groups excluding carboxylic acids is 2. The van der Waals surface area contributed by atoms with Crippen LogP contribution in [0.5, 0.6) is 11.5 Å². The Morgan fingerprint density at radius 2 is 0.692 bits per heavy atom. The SMILES string of the molecule is COc1ccc(N(c2ccc(OC)cc2)c2cc3c4ccccc4c(N(c4ccc(C=O)cc4)c4ccc(C=O)cc4)cc3c3ccccc23)cc1. The molecule has 8 aromatic rings. The fourth-order valence-electron chi connectivity index (χ4n) is 7.00. The summed E-state index contributed by atoms with van der Waals surface area (Å²) in [5.74, 6) is 1.57. The van der Waals surface area contributed by atoms with Crippen molar-refractivity contribution in [3.8, 4) is 11.5 Å². The Hall–Kier alpha value is -6.92. The van der Waals surface area contributed by atoms with Crippen molar-refractivity contribution in [1.29, 1.82) is 0 Å². The number of nitrogens with zero attached hydrogens (tertiary/aromatic N) is 2. The highest BCUT2D eigenvalue weighted by atomic mass is 16.5. The summed E-state index contributed by atoms with van der Waals surface area (Å²) in [5.41, 5.74) is 6.95. The third-order valence-corrected chi connectivity index (χ3v) is 9.56. The van der Waals surface area contributed by atoms with Crippen LogP contribution in [-0.2, 0) is 0 Å². The number of hydrogen-bond donors (Lipinski definition) is 0. The second-order valence-electron chi connectivity index (χ2n) is 12.5. The van der Waals surface area contributed by atoms with Gasteiger partial charge in [-0.3, -0.25) is 9.59 Å². The first-order valence-corrected chi connectivity index (χ1v) is 17.0. The Morgan fingerprint density at radius 3 is 1.00 bits per heavy atom. The minimum Gasteiger partial charge on any atom is -0.497 e. The van der Waals surface area contributed by atoms with Gasteiger partial charge in [-0.05, 0) is 131 Å². The summed E-state index contributed by atoms with van der Waals surface area (Å²) in [4.78, 5) is 27.7. The fraction of sp³-hybridized carbons (Fsp3) is 0.0435. The molecular weight excluding hydrogens is 645 g/mol. The molecule has 252 valence electrons. The smallest absolute Gasteiger partial charge is 0.150 e. The standard InChI is InChI=1S/C46H34N2O4/c1-51-37-23-19-35(20-24-37)48(36-21-25-38(52-2)26-22-36)46-28-44-39-7-3-5-9-41(39)45(27-43(44)40-8-4-6-10-42(40)46)47(33-15-11-31(29-49)12-16-33)34-17-13-32(30-50)14-18-34/h3-30H,1-2H3. The Balaban J connectivity index is 1.43. The van der Waals surface area contributed by atoms with Crippen molar-refractivity contribution in [2.45, 2.75) is 0 Å². The van der Waals surface area contributed by atoms with E-state index in [0.29, 0.717) is 11.1 Å². The molecule has 0 radical (unpaired) electrons. The van der Waals surface area contributed by atoms with Gasteiger partial charge in [-0.1, -0.05) is 48.5 Å². The van der Waals surface area contributed by atoms with Crippen molar-refractivity contribution in [3.05, 3.63) is 169 Å². The molecule has 0 saturated heterocycles. The zero-order valence-electron chi connectivity index (χ0n) is 28.7. The number of anilines is 6. The van der Waals surface area contributed by atoms with E-state index >= 15 is 0 Å². The molecule has 52 heavy (non-hydrogen) atoms. The van der Waals surface area contributed by atoms with Crippen LogP contribution in [0.15, 0.2) is 158 Å². The number of aldehydes is 2. The molecule has 0 amide bonds. The molecular formula is C46H34N2O4. The van der Waals surface area contributed by atoms with Gasteiger partial charge in [-0.15, -0.1) is 0 Å². The first kappa shape index (κ1) is 32.3. The lowest BCUT2D eigenvalue weighted by Crippen LogP contribution is -2.12. The minimum atomic E-state index is 0.597. The van der Waals surface area contributed by atoms with Gasteiger partial charge in [0.1, 0.15) is 24.1 Å². The van der Waals surface area contributed by atoms with Gasteiger partial charge in [0.2, 0.25) is 0 Å². The van der Waals surface area contributed by atoms with Crippen LogP contribution in [0.3, 0.4) is 0 Å². The van der Waals surface area contributed by atoms with Crippen LogP contribution >= 0.6 is 0 Å². The van der Waals surface area contributed by atoms with Crippen molar-refractivity contribution in [1.82, 2.24) is 0 Å². The summed E-state index contributed by atoms with van der Waals surface area (Å²) in [6.07, 6.45) is 1.70. The zero-order valence-corrected chi connectivity index (χ0v) is 28.7. The second kappa shape index (κ2) is 13.8. The molecule has 0 atom stereocenters. The number of benzene rings is 8. The Morgan fingerprint density at radius 1 is 0.385 bits per heavy atom. The number of carbonyl (C=O) groups is 2. The average Bonchev–Trinajstić information content (AvgIpc) is 3.22. The van der Waals surface area contributed by atoms with Crippen LogP contribution in [0.1, 0.15) is 20.7 Å². The van der Waals surface area contributed by atoms with Crippen molar-refractivity contribution < 1.29 is 19.1 Å². The predicted octanol–water partition coefficient (Wildman–Crippen LogP) is 11.7. The van der Waals surface area contributed by atoms with Crippen LogP contribution in [0.25, 0.3) is 32.3 Å². The topological polar surface area (TPSA) is 59.1 Å². The normalized spacial score (nSPS) is 11.0. The average molecular weight is 679 g/mol. The van der Waals surface area contributed by atoms with E-state index in [2.05, 4.69) is 94.7 Å². The lowest BCUT2D eigenvalue weighted by Gasteiger charge is -2.30. The maximum atomic E-state index is 11.6. The summed E-state index contributed by atoms with van der Waals surface area (Å²) < 4.78 is 11.0. The van der Waals surface area contributed by atoms with Gasteiger partial charge in [-0.25, -0.2) is 0 Å². The van der Waals surface area contributed by atoms with E-state index in [4.69, 9.17) is 9.47 Å². The highest BCUT2D eigenvalue weighted by Crippen LogP contribution is 2.47. The Bertz CT molecular complexity index is 2460. The minimum absolute atomic E-state index is 0.597. The van der Waals surface area contributed by atoms with E-state index < -0.39 is 0 Å². The van der Waals surface area contributed by atoms with Crippen LogP contribution in [0.4, 0.5) is 34.1 Å². The number of rotatable bonds is 10. The van der Waals surface area contributed by atoms with E-state index in [1.54, 1.807) is 14.2 Å². The third kappa shape index (κ3) is 5.76. The summed E-state index contributed by atoms with van der Waals surface area (Å²) >= 11 is 0. The maximum Gasteiger partial charge on any atom is 0.150 e. The van der Waals surface area contributed by atoms with Crippen LogP contribution in [0.2, 0.25) is 0 Å². The van der Waals surface area contributed by atoms with Gasteiger partial charge in [0.05, 0.1) is 25.6 Å². The predicted molar refractivity (Wildman–Crippen MR) is 212 cm³/mol. The molecule has 8 rings (SSSR count). The molecule has 0 bridgehead atoms. The largest absolute Gasteiger partial charge is 0.497 e. The molecule has 6 heteroatoms. The summed E-state index contributed by atoms with van der Waals surface area (Å²) in [6.45, 7) is 0. The first-order chi connectivity index (χ1) is 25.6. The number of ether oxygens (including phenoxy) is 2. The molecule has 0 aromatic heterocycles. The number of hydrogen-bond acceptors (Lipinski definition) is 6. The van der Waals surface area contributed by atoms with E-state index in [-0.39, 0.29) is 0 Å². The van der Waals surface area contributed by atoms with E-state index in [9.17, 15) is 9.59 Å². The molecule has 0 saturated carbocycles. The molecule has 0 N–H and O–H groups in total. The molecule has 0 unspecified atom stereocenters. The Kier molecular flexibility index (Phi) is 8.55. The number of fused-ring (bicyclic) bond motifs is 5. The van der Waals surface area contributed by atoms with E-state index in [0.717, 1.165) is 90.5 Å². The van der Waals surface area contributed by atoms with Crippen LogP contribution in [0, 0.1) is 0 Å². The van der Waals surface area contributed by atoms with Crippen molar-refractivity contribution in [3.63, 3.8) is 0 Å². The molecule has 0 fully saturated rings. The van der Waals surface area contributed by atoms with Crippen molar-refractivity contribution >= 4 is 79.0 Å². The van der Waals surface area contributed by atoms with Crippen molar-refractivity contribution in [2.75, 3.05) is 24.0 Å². The van der Waals surface area contributed by atoms with Crippen molar-refractivity contribution in [2.24, 2.45) is 0 Å².